The molecule has 18 heavy (non-hydrogen) atoms. The molecule has 1 aliphatic heterocycles. The highest BCUT2D eigenvalue weighted by Gasteiger charge is 2.50. The molecule has 0 unspecified atom stereocenters. The maximum absolute atomic E-state index is 6.04. The Labute approximate surface area is 112 Å². The molecule has 0 bridgehead atoms. The quantitative estimate of drug-likeness (QED) is 0.646. The van der Waals surface area contributed by atoms with Crippen LogP contribution >= 0.6 is 0 Å². The zero-order valence-corrected chi connectivity index (χ0v) is 12.4. The van der Waals surface area contributed by atoms with E-state index >= 15 is 0 Å². The molecule has 2 rings (SSSR count). The van der Waals surface area contributed by atoms with Gasteiger partial charge in [-0.3, -0.25) is 0 Å². The van der Waals surface area contributed by atoms with Gasteiger partial charge in [-0.05, 0) is 53.4 Å². The molecule has 2 nitrogen and oxygen atoms in total. The topological polar surface area (TPSA) is 18.5 Å². The summed E-state index contributed by atoms with van der Waals surface area (Å²) in [6, 6.07) is 0. The molecule has 0 radical (unpaired) electrons. The molecule has 3 heteroatoms. The van der Waals surface area contributed by atoms with Gasteiger partial charge in [0.15, 0.2) is 0 Å². The Morgan fingerprint density at radius 2 is 1.28 bits per heavy atom. The van der Waals surface area contributed by atoms with Crippen molar-refractivity contribution >= 4 is 7.12 Å². The second-order valence-electron chi connectivity index (χ2n) is 6.72. The van der Waals surface area contributed by atoms with Gasteiger partial charge in [0.1, 0.15) is 0 Å². The van der Waals surface area contributed by atoms with E-state index < -0.39 is 0 Å². The van der Waals surface area contributed by atoms with Crippen LogP contribution in [0.1, 0.15) is 72.6 Å². The summed E-state index contributed by atoms with van der Waals surface area (Å²) >= 11 is 0. The lowest BCUT2D eigenvalue weighted by molar-refractivity contribution is 0.00578. The van der Waals surface area contributed by atoms with Gasteiger partial charge in [-0.1, -0.05) is 30.8 Å². The molecule has 0 spiro atoms. The lowest BCUT2D eigenvalue weighted by Crippen LogP contribution is -2.41. The van der Waals surface area contributed by atoms with Crippen LogP contribution in [0, 0.1) is 0 Å². The van der Waals surface area contributed by atoms with E-state index in [-0.39, 0.29) is 18.3 Å². The molecule has 1 saturated heterocycles. The highest BCUT2D eigenvalue weighted by atomic mass is 16.7. The minimum atomic E-state index is -0.212. The zero-order valence-electron chi connectivity index (χ0n) is 12.4. The Balaban J connectivity index is 2.00. The molecule has 0 amide bonds. The third-order valence-electron chi connectivity index (χ3n) is 4.64. The lowest BCUT2D eigenvalue weighted by Gasteiger charge is -2.32. The fraction of sp³-hybridized carbons (Fsp3) is 0.867. The van der Waals surface area contributed by atoms with Crippen molar-refractivity contribution < 1.29 is 9.31 Å². The summed E-state index contributed by atoms with van der Waals surface area (Å²) in [6.45, 7) is 8.46. The van der Waals surface area contributed by atoms with Gasteiger partial charge in [-0.2, -0.15) is 0 Å². The second-order valence-corrected chi connectivity index (χ2v) is 6.72. The smallest absolute Gasteiger partial charge is 0.400 e. The van der Waals surface area contributed by atoms with E-state index in [1.165, 1.54) is 50.5 Å². The molecular weight excluding hydrogens is 223 g/mol. The first-order valence-electron chi connectivity index (χ1n) is 7.46. The maximum atomic E-state index is 6.04. The van der Waals surface area contributed by atoms with Crippen molar-refractivity contribution in [3.8, 4) is 0 Å². The number of hydrogen-bond acceptors (Lipinski definition) is 2. The summed E-state index contributed by atoms with van der Waals surface area (Å²) in [5.74, 6) is 2.24. The van der Waals surface area contributed by atoms with Crippen molar-refractivity contribution in [3.63, 3.8) is 0 Å². The van der Waals surface area contributed by atoms with E-state index in [2.05, 4.69) is 33.7 Å². The molecule has 2 aliphatic rings. The van der Waals surface area contributed by atoms with Gasteiger partial charge in [0.25, 0.3) is 0 Å². The van der Waals surface area contributed by atoms with Crippen LogP contribution in [0.15, 0.2) is 11.5 Å². The minimum absolute atomic E-state index is 0.149. The summed E-state index contributed by atoms with van der Waals surface area (Å²) in [6.07, 6.45) is 9.26. The second kappa shape index (κ2) is 5.38. The average Bonchev–Trinajstić information content (AvgIpc) is 2.39. The van der Waals surface area contributed by atoms with Gasteiger partial charge >= 0.3 is 7.12 Å². The van der Waals surface area contributed by atoms with Gasteiger partial charge in [0.05, 0.1) is 11.2 Å². The summed E-state index contributed by atoms with van der Waals surface area (Å²) in [4.78, 5) is 0. The summed E-state index contributed by atoms with van der Waals surface area (Å²) in [5.41, 5.74) is 1.11. The maximum Gasteiger partial charge on any atom is 0.487 e. The molecular formula is C15H27BO2. The number of rotatable bonds is 1. The van der Waals surface area contributed by atoms with Gasteiger partial charge in [-0.15, -0.1) is 0 Å². The molecule has 0 atom stereocenters. The fourth-order valence-electron chi connectivity index (χ4n) is 2.68. The largest absolute Gasteiger partial charge is 0.487 e. The van der Waals surface area contributed by atoms with Crippen molar-refractivity contribution in [2.24, 2.45) is 0 Å². The van der Waals surface area contributed by atoms with E-state index in [0.717, 1.165) is 0 Å². The van der Waals surface area contributed by atoms with E-state index in [0.29, 0.717) is 0 Å². The third kappa shape index (κ3) is 3.18. The molecule has 0 aromatic heterocycles. The molecule has 0 aromatic rings. The Morgan fingerprint density at radius 3 is 1.78 bits per heavy atom. The van der Waals surface area contributed by atoms with Crippen LogP contribution < -0.4 is 0 Å². The van der Waals surface area contributed by atoms with Crippen LogP contribution in [0.5, 0.6) is 0 Å². The van der Waals surface area contributed by atoms with Gasteiger partial charge < -0.3 is 9.31 Å². The van der Waals surface area contributed by atoms with E-state index in [9.17, 15) is 0 Å². The molecule has 1 saturated carbocycles. The Kier molecular flexibility index (Phi) is 4.23. The van der Waals surface area contributed by atoms with Crippen molar-refractivity contribution in [3.05, 3.63) is 11.5 Å². The Hall–Kier alpha value is -0.275. The SMILES string of the molecule is CC1(C)OB(C=C2CCCCCCC2)OC1(C)C. The zero-order chi connectivity index (χ0) is 13.2. The predicted molar refractivity (Wildman–Crippen MR) is 76.5 cm³/mol. The molecule has 0 N–H and O–H groups in total. The first kappa shape index (κ1) is 14.1. The molecule has 0 aromatic carbocycles. The molecule has 102 valence electrons. The summed E-state index contributed by atoms with van der Waals surface area (Å²) in [7, 11) is -0.149. The van der Waals surface area contributed by atoms with E-state index in [1.54, 1.807) is 0 Å². The highest BCUT2D eigenvalue weighted by molar-refractivity contribution is 6.51. The average molecular weight is 250 g/mol. The number of allylic oxidation sites excluding steroid dienone is 1. The van der Waals surface area contributed by atoms with Crippen LogP contribution in [-0.2, 0) is 9.31 Å². The van der Waals surface area contributed by atoms with Crippen molar-refractivity contribution in [1.29, 1.82) is 0 Å². The standard InChI is InChI=1S/C15H27BO2/c1-14(2)15(3,4)18-16(17-14)12-13-10-8-6-5-7-9-11-13/h12H,5-11H2,1-4H3. The Morgan fingerprint density at radius 1 is 0.833 bits per heavy atom. The Bertz CT molecular complexity index is 294. The third-order valence-corrected chi connectivity index (χ3v) is 4.64. The highest BCUT2D eigenvalue weighted by Crippen LogP contribution is 2.37. The summed E-state index contributed by atoms with van der Waals surface area (Å²) < 4.78 is 12.1. The molecule has 2 fully saturated rings. The van der Waals surface area contributed by atoms with Gasteiger partial charge in [0, 0.05) is 0 Å². The molecule has 1 heterocycles. The van der Waals surface area contributed by atoms with Crippen LogP contribution in [0.2, 0.25) is 0 Å². The first-order chi connectivity index (χ1) is 8.41. The van der Waals surface area contributed by atoms with Crippen molar-refractivity contribution in [2.45, 2.75) is 83.8 Å². The van der Waals surface area contributed by atoms with Crippen LogP contribution in [-0.4, -0.2) is 18.3 Å². The van der Waals surface area contributed by atoms with E-state index in [4.69, 9.17) is 9.31 Å². The monoisotopic (exact) mass is 250 g/mol. The first-order valence-corrected chi connectivity index (χ1v) is 7.46. The lowest BCUT2D eigenvalue weighted by atomic mass is 9.83. The van der Waals surface area contributed by atoms with Crippen LogP contribution in [0.4, 0.5) is 0 Å². The minimum Gasteiger partial charge on any atom is -0.400 e. The normalized spacial score (nSPS) is 27.8. The number of hydrogen-bond donors (Lipinski definition) is 0. The van der Waals surface area contributed by atoms with Crippen molar-refractivity contribution in [1.82, 2.24) is 0 Å². The van der Waals surface area contributed by atoms with Gasteiger partial charge in [0.2, 0.25) is 0 Å². The summed E-state index contributed by atoms with van der Waals surface area (Å²) in [5, 5.41) is 0. The van der Waals surface area contributed by atoms with Crippen LogP contribution in [0.3, 0.4) is 0 Å². The van der Waals surface area contributed by atoms with Gasteiger partial charge in [-0.25, -0.2) is 0 Å². The van der Waals surface area contributed by atoms with E-state index in [1.807, 2.05) is 0 Å². The van der Waals surface area contributed by atoms with Crippen molar-refractivity contribution in [2.75, 3.05) is 0 Å². The predicted octanol–water partition coefficient (Wildman–Crippen LogP) is 4.29. The van der Waals surface area contributed by atoms with Crippen LogP contribution in [0.25, 0.3) is 0 Å². The fourth-order valence-corrected chi connectivity index (χ4v) is 2.68. The molecule has 1 aliphatic carbocycles.